The molecule has 0 aliphatic rings. The number of hydrogen-bond donors (Lipinski definition) is 0. The van der Waals surface area contributed by atoms with E-state index in [1.54, 1.807) is 0 Å². The summed E-state index contributed by atoms with van der Waals surface area (Å²) in [6, 6.07) is 11.3. The van der Waals surface area contributed by atoms with E-state index >= 15 is 0 Å². The first-order chi connectivity index (χ1) is 29.3. The van der Waals surface area contributed by atoms with Gasteiger partial charge in [0.15, 0.2) is 0 Å². The Morgan fingerprint density at radius 2 is 0.508 bits per heavy atom. The zero-order valence-corrected chi connectivity index (χ0v) is 43.1. The fourth-order valence-corrected chi connectivity index (χ4v) is 7.28. The van der Waals surface area contributed by atoms with Crippen molar-refractivity contribution in [3.63, 3.8) is 0 Å². The van der Waals surface area contributed by atoms with Crippen LogP contribution in [0.2, 0.25) is 0 Å². The number of carboxylic acid groups (broad SMARTS) is 2. The van der Waals surface area contributed by atoms with E-state index in [-0.39, 0.29) is 60.0 Å². The number of benzene rings is 2. The average Bonchev–Trinajstić information content (AvgIpc) is 3.26. The van der Waals surface area contributed by atoms with Crippen molar-refractivity contribution in [2.75, 3.05) is 13.2 Å². The average molecular weight is 973 g/mol. The largest absolute Gasteiger partial charge is 2.00 e. The van der Waals surface area contributed by atoms with Crippen LogP contribution in [0.5, 0.6) is 0 Å². The zero-order chi connectivity index (χ0) is 43.7. The van der Waals surface area contributed by atoms with Crippen molar-refractivity contribution in [3.8, 4) is 0 Å². The summed E-state index contributed by atoms with van der Waals surface area (Å²) in [5.74, 6) is -3.30. The topological polar surface area (TPSA) is 133 Å². The van der Waals surface area contributed by atoms with E-state index in [1.807, 2.05) is 0 Å². The molecule has 2 aromatic carbocycles. The summed E-state index contributed by atoms with van der Waals surface area (Å²) in [6.45, 7) is 5.37. The summed E-state index contributed by atoms with van der Waals surface area (Å²) >= 11 is 0. The molecule has 0 radical (unpaired) electrons. The first-order valence-corrected chi connectivity index (χ1v) is 24.3. The van der Waals surface area contributed by atoms with E-state index in [4.69, 9.17) is 9.47 Å². The maximum atomic E-state index is 11.9. The van der Waals surface area contributed by atoms with Gasteiger partial charge < -0.3 is 29.3 Å². The van der Waals surface area contributed by atoms with Crippen LogP contribution in [0.3, 0.4) is 0 Å². The van der Waals surface area contributed by atoms with Gasteiger partial charge in [0.2, 0.25) is 0 Å². The van der Waals surface area contributed by atoms with Gasteiger partial charge in [-0.1, -0.05) is 231 Å². The quantitative estimate of drug-likeness (QED) is 0.0369. The second-order valence-electron chi connectivity index (χ2n) is 16.6. The third kappa shape index (κ3) is 35.0. The van der Waals surface area contributed by atoms with Crippen LogP contribution in [0.25, 0.3) is 0 Å². The smallest absolute Gasteiger partial charge is 0.545 e. The van der Waals surface area contributed by atoms with Gasteiger partial charge in [-0.3, -0.25) is 0 Å². The normalized spacial score (nSPS) is 10.7. The van der Waals surface area contributed by atoms with Gasteiger partial charge in [0.25, 0.3) is 0 Å². The van der Waals surface area contributed by atoms with Gasteiger partial charge in [-0.15, -0.1) is 0 Å². The van der Waals surface area contributed by atoms with E-state index < -0.39 is 23.9 Å². The van der Waals surface area contributed by atoms with Crippen molar-refractivity contribution < 1.29 is 38.9 Å². The second kappa shape index (κ2) is 43.2. The Hall–Kier alpha value is -2.11. The number of rotatable bonds is 38. The number of hydrogen-bond acceptors (Lipinski definition) is 8. The molecule has 0 atom stereocenters. The van der Waals surface area contributed by atoms with Crippen LogP contribution in [0.15, 0.2) is 48.5 Å². The molecule has 340 valence electrons. The molecule has 0 aliphatic carbocycles. The number of esters is 2. The van der Waals surface area contributed by atoms with Gasteiger partial charge in [0.05, 0.1) is 36.3 Å². The number of ether oxygens (including phenoxy) is 2. The zero-order valence-electron chi connectivity index (χ0n) is 38.6. The third-order valence-corrected chi connectivity index (χ3v) is 11.2. The number of carbonyl (C=O) groups is 4. The predicted octanol–water partition coefficient (Wildman–Crippen LogP) is 12.6. The molecule has 0 bridgehead atoms. The number of aromatic carboxylic acids is 2. The minimum atomic E-state index is -1.25. The van der Waals surface area contributed by atoms with Gasteiger partial charge in [-0.2, -0.15) is 0 Å². The Balaban J connectivity index is 0.00000116. The summed E-state index contributed by atoms with van der Waals surface area (Å²) in [4.78, 5) is 45.2. The first-order valence-electron chi connectivity index (χ1n) is 24.3. The number of unbranched alkanes of at least 4 members (excludes halogenated alkanes) is 30. The molecule has 0 N–H and O–H groups in total. The van der Waals surface area contributed by atoms with Crippen molar-refractivity contribution in [2.24, 2.45) is 0 Å². The molecule has 0 saturated carbocycles. The van der Waals surface area contributed by atoms with Crippen molar-refractivity contribution >= 4 is 72.8 Å². The molecule has 2 rings (SSSR count). The van der Waals surface area contributed by atoms with Gasteiger partial charge in [-0.05, 0) is 48.2 Å². The van der Waals surface area contributed by atoms with Crippen LogP contribution in [0, 0.1) is 0 Å². The van der Waals surface area contributed by atoms with Crippen molar-refractivity contribution in [3.05, 3.63) is 70.8 Å². The molecular weight excluding hydrogens is 890 g/mol. The van der Waals surface area contributed by atoms with Gasteiger partial charge in [0, 0.05) is 0 Å². The van der Waals surface area contributed by atoms with Crippen LogP contribution in [-0.4, -0.2) is 86.0 Å². The Morgan fingerprint density at radius 3 is 0.705 bits per heavy atom. The van der Waals surface area contributed by atoms with Crippen LogP contribution >= 0.6 is 0 Å². The summed E-state index contributed by atoms with van der Waals surface area (Å²) in [7, 11) is 0. The molecule has 0 heterocycles. The third-order valence-electron chi connectivity index (χ3n) is 11.2. The molecule has 0 spiro atoms. The number of carboxylic acids is 2. The van der Waals surface area contributed by atoms with Crippen LogP contribution < -0.4 is 10.2 Å². The second-order valence-corrected chi connectivity index (χ2v) is 16.6. The Labute approximate surface area is 411 Å². The Kier molecular flexibility index (Phi) is 41.7. The number of carbonyl (C=O) groups excluding carboxylic acids is 4. The van der Waals surface area contributed by atoms with Crippen molar-refractivity contribution in [1.29, 1.82) is 0 Å². The van der Waals surface area contributed by atoms with E-state index in [9.17, 15) is 29.4 Å². The molecule has 0 saturated heterocycles. The summed E-state index contributed by atoms with van der Waals surface area (Å²) in [5.41, 5.74) is 0.863. The maximum absolute atomic E-state index is 11.9. The van der Waals surface area contributed by atoms with E-state index in [2.05, 4.69) is 13.8 Å². The molecule has 2 aromatic rings. The first kappa shape index (κ1) is 58.9. The standard InChI is InChI=1S/2C26H42O4.Ba/c2*1-2-3-4-5-6-7-8-9-10-11-12-13-14-15-16-17-22-30-26(29)24-20-18-23(19-21-24)25(27)28;/h2*18-21H,2-17,22H2,1H3,(H,27,28);/q;;+2/p-2. The van der Waals surface area contributed by atoms with Crippen LogP contribution in [0.4, 0.5) is 0 Å². The summed E-state index contributed by atoms with van der Waals surface area (Å²) in [6.07, 6.45) is 42.0. The van der Waals surface area contributed by atoms with Gasteiger partial charge in [-0.25, -0.2) is 9.59 Å². The van der Waals surface area contributed by atoms with Gasteiger partial charge >= 0.3 is 60.8 Å². The van der Waals surface area contributed by atoms with Crippen LogP contribution in [-0.2, 0) is 9.47 Å². The molecule has 8 nitrogen and oxygen atoms in total. The van der Waals surface area contributed by atoms with Crippen molar-refractivity contribution in [2.45, 2.75) is 219 Å². The minimum Gasteiger partial charge on any atom is -0.545 e. The molecule has 0 aromatic heterocycles. The van der Waals surface area contributed by atoms with E-state index in [1.165, 1.54) is 228 Å². The summed E-state index contributed by atoms with van der Waals surface area (Å²) in [5, 5.41) is 21.4. The minimum absolute atomic E-state index is 0. The van der Waals surface area contributed by atoms with E-state index in [0.717, 1.165) is 25.7 Å². The molecule has 0 aliphatic heterocycles. The predicted molar refractivity (Wildman–Crippen MR) is 247 cm³/mol. The van der Waals surface area contributed by atoms with Crippen molar-refractivity contribution in [1.82, 2.24) is 0 Å². The Morgan fingerprint density at radius 1 is 0.328 bits per heavy atom. The van der Waals surface area contributed by atoms with Gasteiger partial charge in [0.1, 0.15) is 0 Å². The maximum Gasteiger partial charge on any atom is 2.00 e. The molecule has 0 amide bonds. The molecule has 0 unspecified atom stereocenters. The molecule has 9 heteroatoms. The fourth-order valence-electron chi connectivity index (χ4n) is 7.28. The summed E-state index contributed by atoms with van der Waals surface area (Å²) < 4.78 is 10.5. The molecular formula is C52H82BaO8. The molecule has 0 fully saturated rings. The Bertz CT molecular complexity index is 1240. The SMILES string of the molecule is CCCCCCCCCCCCCCCCCCOC(=O)c1ccc(C(=O)[O-])cc1.CCCCCCCCCCCCCCCCCCOC(=O)c1ccc(C(=O)[O-])cc1.[Ba+2]. The fraction of sp³-hybridized carbons (Fsp3) is 0.692. The van der Waals surface area contributed by atoms with Crippen LogP contribution in [0.1, 0.15) is 261 Å². The van der Waals surface area contributed by atoms with E-state index in [0.29, 0.717) is 24.3 Å². The molecule has 61 heavy (non-hydrogen) atoms. The monoisotopic (exact) mass is 973 g/mol.